The molecule has 1 aromatic heterocycles. The van der Waals surface area contributed by atoms with Gasteiger partial charge < -0.3 is 4.74 Å². The molecule has 138 valence electrons. The van der Waals surface area contributed by atoms with Crippen LogP contribution in [0.15, 0.2) is 53.1 Å². The lowest BCUT2D eigenvalue weighted by atomic mass is 9.86. The van der Waals surface area contributed by atoms with Crippen LogP contribution >= 0.6 is 27.5 Å². The van der Waals surface area contributed by atoms with Crippen molar-refractivity contribution in [3.8, 4) is 11.3 Å². The van der Waals surface area contributed by atoms with Crippen LogP contribution in [0, 0.1) is 0 Å². The van der Waals surface area contributed by atoms with E-state index in [1.165, 1.54) is 0 Å². The fourth-order valence-electron chi connectivity index (χ4n) is 3.51. The third kappa shape index (κ3) is 2.54. The van der Waals surface area contributed by atoms with Gasteiger partial charge in [-0.05, 0) is 33.6 Å². The maximum Gasteiger partial charge on any atom is 0.244 e. The van der Waals surface area contributed by atoms with Crippen LogP contribution in [0.3, 0.4) is 0 Å². The van der Waals surface area contributed by atoms with Crippen molar-refractivity contribution in [1.82, 2.24) is 15.0 Å². The summed E-state index contributed by atoms with van der Waals surface area (Å²) in [6.07, 6.45) is 1.83. The lowest BCUT2D eigenvalue weighted by molar-refractivity contribution is -0.111. The van der Waals surface area contributed by atoms with E-state index in [0.29, 0.717) is 27.6 Å². The first kappa shape index (κ1) is 17.3. The molecule has 0 saturated heterocycles. The summed E-state index contributed by atoms with van der Waals surface area (Å²) in [5.74, 6) is -0.731. The van der Waals surface area contributed by atoms with Gasteiger partial charge in [0.1, 0.15) is 28.6 Å². The summed E-state index contributed by atoms with van der Waals surface area (Å²) in [6, 6.07) is 12.4. The van der Waals surface area contributed by atoms with Gasteiger partial charge in [-0.3, -0.25) is 9.59 Å². The van der Waals surface area contributed by atoms with Crippen molar-refractivity contribution in [2.45, 2.75) is 6.04 Å². The standard InChI is InChI=1S/C20H11BrClN3O3/c21-17-19(27)18(26)13-3-1-2-12-15(9-28-20(17)16(12)13)25-8-14(23-24-25)10-4-6-11(22)7-5-10/h1-8,15H,9H2. The van der Waals surface area contributed by atoms with Crippen molar-refractivity contribution in [3.63, 3.8) is 0 Å². The normalized spacial score (nSPS) is 18.1. The minimum Gasteiger partial charge on any atom is -0.489 e. The van der Waals surface area contributed by atoms with Crippen molar-refractivity contribution in [2.75, 3.05) is 6.61 Å². The van der Waals surface area contributed by atoms with Gasteiger partial charge in [0.15, 0.2) is 0 Å². The lowest BCUT2D eigenvalue weighted by Crippen LogP contribution is -2.30. The van der Waals surface area contributed by atoms with E-state index in [-0.39, 0.29) is 17.1 Å². The predicted octanol–water partition coefficient (Wildman–Crippen LogP) is 4.05. The Balaban J connectivity index is 1.60. The molecule has 5 rings (SSSR count). The highest BCUT2D eigenvalue weighted by molar-refractivity contribution is 9.12. The fourth-order valence-corrected chi connectivity index (χ4v) is 4.13. The second-order valence-electron chi connectivity index (χ2n) is 6.49. The molecule has 2 aliphatic rings. The Morgan fingerprint density at radius 3 is 2.68 bits per heavy atom. The van der Waals surface area contributed by atoms with Crippen LogP contribution in [0.25, 0.3) is 17.0 Å². The van der Waals surface area contributed by atoms with E-state index in [2.05, 4.69) is 26.2 Å². The molecule has 3 aromatic rings. The number of ether oxygens (including phenoxy) is 1. The summed E-state index contributed by atoms with van der Waals surface area (Å²) in [6.45, 7) is 0.270. The molecule has 2 aromatic carbocycles. The number of carbonyl (C=O) groups is 2. The fraction of sp³-hybridized carbons (Fsp3) is 0.100. The van der Waals surface area contributed by atoms with Gasteiger partial charge in [0.05, 0.1) is 6.20 Å². The zero-order chi connectivity index (χ0) is 19.4. The Hall–Kier alpha value is -2.77. The largest absolute Gasteiger partial charge is 0.489 e. The minimum atomic E-state index is -0.594. The molecule has 1 aliphatic heterocycles. The SMILES string of the molecule is O=C1C(=O)c2cccc3c2C(=C1Br)OCC3n1cc(-c2ccc(Cl)cc2)nn1. The first-order valence-electron chi connectivity index (χ1n) is 8.47. The van der Waals surface area contributed by atoms with Crippen molar-refractivity contribution >= 4 is 44.9 Å². The number of rotatable bonds is 2. The highest BCUT2D eigenvalue weighted by Crippen LogP contribution is 2.42. The molecule has 0 bridgehead atoms. The smallest absolute Gasteiger partial charge is 0.244 e. The number of hydrogen-bond acceptors (Lipinski definition) is 5. The topological polar surface area (TPSA) is 74.1 Å². The van der Waals surface area contributed by atoms with E-state index in [9.17, 15) is 9.59 Å². The second-order valence-corrected chi connectivity index (χ2v) is 7.72. The number of benzene rings is 2. The van der Waals surface area contributed by atoms with Crippen LogP contribution in [-0.4, -0.2) is 33.2 Å². The molecule has 6 nitrogen and oxygen atoms in total. The molecule has 8 heteroatoms. The van der Waals surface area contributed by atoms with E-state index >= 15 is 0 Å². The third-order valence-corrected chi connectivity index (χ3v) is 5.86. The average Bonchev–Trinajstić information content (AvgIpc) is 3.20. The van der Waals surface area contributed by atoms with E-state index in [1.54, 1.807) is 28.9 Å². The summed E-state index contributed by atoms with van der Waals surface area (Å²) in [7, 11) is 0. The highest BCUT2D eigenvalue weighted by Gasteiger charge is 2.39. The molecule has 0 saturated carbocycles. The number of carbonyl (C=O) groups excluding carboxylic acids is 2. The van der Waals surface area contributed by atoms with Gasteiger partial charge in [0.2, 0.25) is 11.6 Å². The Labute approximate surface area is 172 Å². The number of nitrogens with zero attached hydrogens (tertiary/aromatic N) is 3. The second kappa shape index (κ2) is 6.39. The Morgan fingerprint density at radius 1 is 1.11 bits per heavy atom. The molecular formula is C20H11BrClN3O3. The van der Waals surface area contributed by atoms with Gasteiger partial charge in [-0.15, -0.1) is 5.10 Å². The molecule has 1 unspecified atom stereocenters. The van der Waals surface area contributed by atoms with Crippen LogP contribution in [0.5, 0.6) is 0 Å². The molecule has 0 fully saturated rings. The average molecular weight is 457 g/mol. The molecule has 2 heterocycles. The van der Waals surface area contributed by atoms with Crippen molar-refractivity contribution < 1.29 is 14.3 Å². The van der Waals surface area contributed by atoms with Gasteiger partial charge in [-0.1, -0.05) is 47.1 Å². The van der Waals surface area contributed by atoms with Crippen LogP contribution < -0.4 is 0 Å². The maximum atomic E-state index is 12.4. The number of Topliss-reactive ketones (excluding diaryl/α,β-unsaturated/α-hetero) is 2. The summed E-state index contributed by atoms with van der Waals surface area (Å²) in [5, 5.41) is 9.17. The van der Waals surface area contributed by atoms with Crippen molar-refractivity contribution in [2.24, 2.45) is 0 Å². The van der Waals surface area contributed by atoms with E-state index in [0.717, 1.165) is 11.1 Å². The Morgan fingerprint density at radius 2 is 1.89 bits per heavy atom. The Bertz CT molecular complexity index is 1180. The molecule has 0 spiro atoms. The molecule has 28 heavy (non-hydrogen) atoms. The number of ketones is 2. The first-order valence-corrected chi connectivity index (χ1v) is 9.64. The summed E-state index contributed by atoms with van der Waals surface area (Å²) in [5.41, 5.74) is 3.45. The number of allylic oxidation sites excluding steroid dienone is 1. The van der Waals surface area contributed by atoms with Gasteiger partial charge >= 0.3 is 0 Å². The minimum absolute atomic E-state index is 0.163. The molecule has 0 radical (unpaired) electrons. The van der Waals surface area contributed by atoms with Crippen LogP contribution in [0.4, 0.5) is 0 Å². The van der Waals surface area contributed by atoms with Gasteiger partial charge in [-0.25, -0.2) is 4.68 Å². The highest BCUT2D eigenvalue weighted by atomic mass is 79.9. The van der Waals surface area contributed by atoms with Crippen LogP contribution in [-0.2, 0) is 9.53 Å². The van der Waals surface area contributed by atoms with Gasteiger partial charge in [0.25, 0.3) is 0 Å². The summed E-state index contributed by atoms with van der Waals surface area (Å²) >= 11 is 9.16. The van der Waals surface area contributed by atoms with E-state index in [4.69, 9.17) is 16.3 Å². The zero-order valence-electron chi connectivity index (χ0n) is 14.2. The molecule has 0 amide bonds. The van der Waals surface area contributed by atoms with Gasteiger partial charge in [0, 0.05) is 21.7 Å². The predicted molar refractivity (Wildman–Crippen MR) is 106 cm³/mol. The summed E-state index contributed by atoms with van der Waals surface area (Å²) in [4.78, 5) is 24.6. The molecule has 1 atom stereocenters. The molecule has 1 aliphatic carbocycles. The number of hydrogen-bond donors (Lipinski definition) is 0. The van der Waals surface area contributed by atoms with Crippen LogP contribution in [0.2, 0.25) is 5.02 Å². The van der Waals surface area contributed by atoms with Crippen molar-refractivity contribution in [1.29, 1.82) is 0 Å². The monoisotopic (exact) mass is 455 g/mol. The summed E-state index contributed by atoms with van der Waals surface area (Å²) < 4.78 is 7.74. The number of aromatic nitrogens is 3. The Kier molecular flexibility index (Phi) is 3.96. The molecule has 0 N–H and O–H groups in total. The lowest BCUT2D eigenvalue weighted by Gasteiger charge is -2.31. The quantitative estimate of drug-likeness (QED) is 0.544. The van der Waals surface area contributed by atoms with E-state index in [1.807, 2.05) is 24.4 Å². The number of halogens is 2. The van der Waals surface area contributed by atoms with Crippen LogP contribution in [0.1, 0.15) is 27.5 Å². The van der Waals surface area contributed by atoms with E-state index < -0.39 is 11.6 Å². The van der Waals surface area contributed by atoms with Crippen molar-refractivity contribution in [3.05, 3.63) is 74.9 Å². The van der Waals surface area contributed by atoms with Gasteiger partial charge in [-0.2, -0.15) is 0 Å². The zero-order valence-corrected chi connectivity index (χ0v) is 16.6. The third-order valence-electron chi connectivity index (χ3n) is 4.89. The maximum absolute atomic E-state index is 12.4. The molecular weight excluding hydrogens is 446 g/mol. The first-order chi connectivity index (χ1) is 13.5.